The minimum atomic E-state index is -4.72. The highest BCUT2D eigenvalue weighted by Crippen LogP contribution is 2.40. The zero-order valence-corrected chi connectivity index (χ0v) is 16.0. The molecule has 0 unspecified atom stereocenters. The van der Waals surface area contributed by atoms with Crippen molar-refractivity contribution in [2.24, 2.45) is 0 Å². The largest absolute Gasteiger partial charge is 0.471 e. The molecule has 3 heterocycles. The van der Waals surface area contributed by atoms with E-state index in [0.717, 1.165) is 37.7 Å². The molecule has 3 aliphatic rings. The minimum Gasteiger partial charge on any atom is -0.351 e. The van der Waals surface area contributed by atoms with Crippen molar-refractivity contribution in [3.05, 3.63) is 35.2 Å². The number of nitrogens with one attached hydrogen (secondary N) is 1. The molecule has 2 aliphatic heterocycles. The van der Waals surface area contributed by atoms with Gasteiger partial charge in [0.2, 0.25) is 11.7 Å². The lowest BCUT2D eigenvalue weighted by Crippen LogP contribution is -2.49. The first kappa shape index (κ1) is 19.1. The van der Waals surface area contributed by atoms with E-state index in [9.17, 15) is 22.8 Å². The first-order valence-corrected chi connectivity index (χ1v) is 9.90. The van der Waals surface area contributed by atoms with E-state index in [4.69, 9.17) is 0 Å². The van der Waals surface area contributed by atoms with Gasteiger partial charge in [-0.3, -0.25) is 9.59 Å². The Hall–Kier alpha value is -2.91. The molecule has 1 aromatic heterocycles. The van der Waals surface area contributed by atoms with E-state index >= 15 is 0 Å². The molecular weight excluding hydrogens is 401 g/mol. The van der Waals surface area contributed by atoms with Gasteiger partial charge in [0, 0.05) is 35.7 Å². The van der Waals surface area contributed by atoms with Gasteiger partial charge < -0.3 is 14.7 Å². The van der Waals surface area contributed by atoms with Crippen LogP contribution in [0.25, 0.3) is 11.4 Å². The summed E-state index contributed by atoms with van der Waals surface area (Å²) in [5, 5.41) is 6.50. The van der Waals surface area contributed by atoms with E-state index in [1.165, 1.54) is 6.07 Å². The number of carbonyl (C=O) groups excluding carboxylic acids is 2. The summed E-state index contributed by atoms with van der Waals surface area (Å²) in [6.07, 6.45) is 0.00904. The van der Waals surface area contributed by atoms with Crippen LogP contribution >= 0.6 is 0 Å². The normalized spacial score (nSPS) is 26.4. The first-order valence-electron chi connectivity index (χ1n) is 9.90. The third-order valence-corrected chi connectivity index (χ3v) is 6.46. The molecule has 5 rings (SSSR count). The number of rotatable bonds is 2. The topological polar surface area (TPSA) is 88.3 Å². The Kier molecular flexibility index (Phi) is 4.16. The summed E-state index contributed by atoms with van der Waals surface area (Å²) in [6, 6.07) is 4.95. The molecule has 1 spiro atoms. The summed E-state index contributed by atoms with van der Waals surface area (Å²) in [4.78, 5) is 29.9. The van der Waals surface area contributed by atoms with Crippen molar-refractivity contribution in [1.29, 1.82) is 0 Å². The smallest absolute Gasteiger partial charge is 0.351 e. The first-order chi connectivity index (χ1) is 14.2. The van der Waals surface area contributed by atoms with Crippen molar-refractivity contribution in [3.63, 3.8) is 0 Å². The van der Waals surface area contributed by atoms with Crippen molar-refractivity contribution in [2.75, 3.05) is 0 Å². The molecule has 1 N–H and O–H groups in total. The van der Waals surface area contributed by atoms with E-state index in [-0.39, 0.29) is 29.2 Å². The lowest BCUT2D eigenvalue weighted by molar-refractivity contribution is -0.159. The Labute approximate surface area is 169 Å². The third kappa shape index (κ3) is 3.14. The van der Waals surface area contributed by atoms with Crippen LogP contribution in [0.5, 0.6) is 0 Å². The second kappa shape index (κ2) is 6.55. The van der Waals surface area contributed by atoms with Crippen LogP contribution in [0.3, 0.4) is 0 Å². The van der Waals surface area contributed by atoms with Crippen LogP contribution in [0.1, 0.15) is 60.3 Å². The highest BCUT2D eigenvalue weighted by molar-refractivity contribution is 5.99. The highest BCUT2D eigenvalue weighted by Gasteiger charge is 2.44. The lowest BCUT2D eigenvalue weighted by Gasteiger charge is -2.40. The van der Waals surface area contributed by atoms with Crippen LogP contribution in [0.2, 0.25) is 0 Å². The predicted molar refractivity (Wildman–Crippen MR) is 97.0 cm³/mol. The molecule has 2 aromatic rings. The number of hydrogen-bond donors (Lipinski definition) is 1. The van der Waals surface area contributed by atoms with Crippen molar-refractivity contribution in [2.45, 2.75) is 62.8 Å². The Bertz CT molecular complexity index is 1020. The summed E-state index contributed by atoms with van der Waals surface area (Å²) in [5.74, 6) is -1.65. The minimum absolute atomic E-state index is 0.0819. The molecule has 10 heteroatoms. The fourth-order valence-corrected chi connectivity index (χ4v) is 4.83. The molecule has 7 nitrogen and oxygen atoms in total. The molecule has 1 saturated carbocycles. The highest BCUT2D eigenvalue weighted by atomic mass is 19.4. The Morgan fingerprint density at radius 2 is 1.93 bits per heavy atom. The standard InChI is InChI=1S/C20H19F3N4O3/c21-20(22,23)18-24-16(26-30-18)11-1-2-12-10-27(17(29)14(12)9-11)13-3-6-19(7-4-13)8-5-15(28)25-19/h1-2,9,13H,3-8,10H2,(H,25,28). The summed E-state index contributed by atoms with van der Waals surface area (Å²) < 4.78 is 42.4. The number of hydrogen-bond acceptors (Lipinski definition) is 5. The molecule has 2 amide bonds. The Morgan fingerprint density at radius 1 is 1.17 bits per heavy atom. The Morgan fingerprint density at radius 3 is 2.57 bits per heavy atom. The lowest BCUT2D eigenvalue weighted by atomic mass is 9.78. The van der Waals surface area contributed by atoms with Crippen molar-refractivity contribution < 1.29 is 27.3 Å². The zero-order valence-electron chi connectivity index (χ0n) is 16.0. The van der Waals surface area contributed by atoms with Gasteiger partial charge in [-0.15, -0.1) is 0 Å². The number of fused-ring (bicyclic) bond motifs is 1. The molecule has 2 fully saturated rings. The number of aromatic nitrogens is 2. The fourth-order valence-electron chi connectivity index (χ4n) is 4.83. The van der Waals surface area contributed by atoms with Gasteiger partial charge in [-0.1, -0.05) is 17.3 Å². The maximum atomic E-state index is 13.0. The monoisotopic (exact) mass is 420 g/mol. The van der Waals surface area contributed by atoms with Gasteiger partial charge in [0.25, 0.3) is 5.91 Å². The Balaban J connectivity index is 1.32. The summed E-state index contributed by atoms with van der Waals surface area (Å²) in [7, 11) is 0. The predicted octanol–water partition coefficient (Wildman–Crippen LogP) is 3.30. The summed E-state index contributed by atoms with van der Waals surface area (Å²) in [6.45, 7) is 0.471. The molecule has 158 valence electrons. The zero-order chi connectivity index (χ0) is 21.1. The maximum absolute atomic E-state index is 13.0. The second-order valence-electron chi connectivity index (χ2n) is 8.29. The summed E-state index contributed by atoms with van der Waals surface area (Å²) >= 11 is 0. The average molecular weight is 420 g/mol. The van der Waals surface area contributed by atoms with Gasteiger partial charge in [-0.2, -0.15) is 18.2 Å². The van der Waals surface area contributed by atoms with Crippen molar-refractivity contribution >= 4 is 11.8 Å². The van der Waals surface area contributed by atoms with Gasteiger partial charge in [0.1, 0.15) is 0 Å². The SMILES string of the molecule is O=C1CCC2(CCC(N3Cc4ccc(-c5noc(C(F)(F)F)n5)cc4C3=O)CC2)N1. The van der Waals surface area contributed by atoms with Gasteiger partial charge in [-0.25, -0.2) is 0 Å². The van der Waals surface area contributed by atoms with E-state index in [1.807, 2.05) is 4.90 Å². The number of amides is 2. The number of nitrogens with zero attached hydrogens (tertiary/aromatic N) is 3. The van der Waals surface area contributed by atoms with Crippen molar-refractivity contribution in [3.8, 4) is 11.4 Å². The van der Waals surface area contributed by atoms with E-state index in [1.54, 1.807) is 12.1 Å². The third-order valence-electron chi connectivity index (χ3n) is 6.46. The van der Waals surface area contributed by atoms with Gasteiger partial charge in [-0.05, 0) is 43.7 Å². The molecule has 1 saturated heterocycles. The van der Waals surface area contributed by atoms with Crippen LogP contribution in [-0.2, 0) is 17.5 Å². The van der Waals surface area contributed by atoms with Crippen LogP contribution in [0.4, 0.5) is 13.2 Å². The fraction of sp³-hybridized carbons (Fsp3) is 0.500. The van der Waals surface area contributed by atoms with Crippen molar-refractivity contribution in [1.82, 2.24) is 20.4 Å². The number of alkyl halides is 3. The van der Waals surface area contributed by atoms with Gasteiger partial charge >= 0.3 is 12.1 Å². The molecule has 0 atom stereocenters. The molecule has 1 aliphatic carbocycles. The second-order valence-corrected chi connectivity index (χ2v) is 8.29. The molecule has 30 heavy (non-hydrogen) atoms. The van der Waals surface area contributed by atoms with Crippen LogP contribution in [0.15, 0.2) is 22.7 Å². The van der Waals surface area contributed by atoms with Crippen LogP contribution < -0.4 is 5.32 Å². The van der Waals surface area contributed by atoms with Gasteiger partial charge in [0.15, 0.2) is 0 Å². The summed E-state index contributed by atoms with van der Waals surface area (Å²) in [5.41, 5.74) is 1.48. The quantitative estimate of drug-likeness (QED) is 0.806. The average Bonchev–Trinajstić information content (AvgIpc) is 3.41. The number of halogens is 3. The van der Waals surface area contributed by atoms with Crippen LogP contribution in [-0.4, -0.2) is 38.4 Å². The van der Waals surface area contributed by atoms with Gasteiger partial charge in [0.05, 0.1) is 0 Å². The van der Waals surface area contributed by atoms with E-state index < -0.39 is 12.1 Å². The molecular formula is C20H19F3N4O3. The maximum Gasteiger partial charge on any atom is 0.471 e. The molecule has 1 aromatic carbocycles. The van der Waals surface area contributed by atoms with E-state index in [2.05, 4.69) is 20.0 Å². The van der Waals surface area contributed by atoms with E-state index in [0.29, 0.717) is 24.1 Å². The molecule has 0 bridgehead atoms. The number of carbonyl (C=O) groups is 2. The number of benzene rings is 1. The van der Waals surface area contributed by atoms with Crippen LogP contribution in [0, 0.1) is 0 Å². The molecule has 0 radical (unpaired) electrons.